The summed E-state index contributed by atoms with van der Waals surface area (Å²) < 4.78 is 12.8. The van der Waals surface area contributed by atoms with Crippen LogP contribution in [0.5, 0.6) is 11.6 Å². The van der Waals surface area contributed by atoms with Crippen molar-refractivity contribution in [2.45, 2.75) is 32.4 Å². The normalized spacial score (nSPS) is 13.8. The number of pyridine rings is 1. The van der Waals surface area contributed by atoms with Gasteiger partial charge in [0.05, 0.1) is 13.2 Å². The van der Waals surface area contributed by atoms with Gasteiger partial charge in [0.25, 0.3) is 5.56 Å². The summed E-state index contributed by atoms with van der Waals surface area (Å²) in [5.74, 6) is 8.43. The molecular weight excluding hydrogens is 378 g/mol. The summed E-state index contributed by atoms with van der Waals surface area (Å²) in [6.07, 6.45) is 5.72. The van der Waals surface area contributed by atoms with Gasteiger partial charge in [-0.1, -0.05) is 24.0 Å². The molecule has 1 aromatic carbocycles. The highest BCUT2D eigenvalue weighted by molar-refractivity contribution is 5.38. The molecule has 1 aliphatic carbocycles. The zero-order valence-corrected chi connectivity index (χ0v) is 17.0. The summed E-state index contributed by atoms with van der Waals surface area (Å²) in [5.41, 5.74) is 1.78. The van der Waals surface area contributed by atoms with E-state index in [-0.39, 0.29) is 18.2 Å². The zero-order chi connectivity index (χ0) is 20.9. The van der Waals surface area contributed by atoms with Crippen molar-refractivity contribution < 1.29 is 9.47 Å². The molecule has 1 aliphatic rings. The maximum Gasteiger partial charge on any atom is 0.257 e. The van der Waals surface area contributed by atoms with Crippen molar-refractivity contribution in [1.82, 2.24) is 14.5 Å². The van der Waals surface area contributed by atoms with E-state index < -0.39 is 0 Å². The van der Waals surface area contributed by atoms with Gasteiger partial charge in [0.15, 0.2) is 11.7 Å². The van der Waals surface area contributed by atoms with Crippen LogP contribution in [0.3, 0.4) is 0 Å². The van der Waals surface area contributed by atoms with E-state index in [4.69, 9.17) is 9.47 Å². The number of nitrogens with zero attached hydrogens (tertiary/aromatic N) is 3. The van der Waals surface area contributed by atoms with Crippen LogP contribution in [0, 0.1) is 17.8 Å². The molecule has 30 heavy (non-hydrogen) atoms. The quantitative estimate of drug-likeness (QED) is 0.591. The molecule has 1 atom stereocenters. The highest BCUT2D eigenvalue weighted by Crippen LogP contribution is 2.28. The Morgan fingerprint density at radius 2 is 1.90 bits per heavy atom. The van der Waals surface area contributed by atoms with Crippen molar-refractivity contribution in [3.05, 3.63) is 82.2 Å². The van der Waals surface area contributed by atoms with Gasteiger partial charge in [0.2, 0.25) is 0 Å². The second-order valence-corrected chi connectivity index (χ2v) is 7.24. The fourth-order valence-corrected chi connectivity index (χ4v) is 3.11. The summed E-state index contributed by atoms with van der Waals surface area (Å²) >= 11 is 0. The van der Waals surface area contributed by atoms with Crippen LogP contribution in [0.1, 0.15) is 42.8 Å². The largest absolute Gasteiger partial charge is 0.485 e. The van der Waals surface area contributed by atoms with Gasteiger partial charge in [0, 0.05) is 36.0 Å². The Balaban J connectivity index is 1.53. The first-order valence-corrected chi connectivity index (χ1v) is 9.95. The molecule has 6 heteroatoms. The van der Waals surface area contributed by atoms with Crippen molar-refractivity contribution in [1.29, 1.82) is 0 Å². The van der Waals surface area contributed by atoms with Crippen LogP contribution in [0.15, 0.2) is 59.7 Å². The number of hydrogen-bond donors (Lipinski definition) is 0. The van der Waals surface area contributed by atoms with Crippen molar-refractivity contribution >= 4 is 0 Å². The number of benzene rings is 1. The molecule has 152 valence electrons. The standard InChI is InChI=1S/C24H23N3O3/c1-17(20-10-8-19(9-11-20)7-6-18-4-5-18)27-23(28)14-21(15-24(27)29-2)30-16-22-25-12-3-13-26-22/h3,8-15,17-18H,4-5,16H2,1-2H3/t17-/m1/s1. The first-order valence-electron chi connectivity index (χ1n) is 9.95. The molecule has 6 nitrogen and oxygen atoms in total. The molecular formula is C24H23N3O3. The highest BCUT2D eigenvalue weighted by atomic mass is 16.5. The van der Waals surface area contributed by atoms with Gasteiger partial charge in [-0.25, -0.2) is 9.97 Å². The lowest BCUT2D eigenvalue weighted by Gasteiger charge is -2.20. The van der Waals surface area contributed by atoms with Gasteiger partial charge in [-0.15, -0.1) is 0 Å². The van der Waals surface area contributed by atoms with Crippen LogP contribution in [0.2, 0.25) is 0 Å². The van der Waals surface area contributed by atoms with Gasteiger partial charge in [-0.3, -0.25) is 9.36 Å². The summed E-state index contributed by atoms with van der Waals surface area (Å²) in [6, 6.07) is 12.7. The summed E-state index contributed by atoms with van der Waals surface area (Å²) in [4.78, 5) is 21.1. The molecule has 0 spiro atoms. The number of methoxy groups -OCH3 is 1. The van der Waals surface area contributed by atoms with Crippen LogP contribution in [-0.2, 0) is 6.61 Å². The average Bonchev–Trinajstić information content (AvgIpc) is 3.61. The van der Waals surface area contributed by atoms with Crippen LogP contribution < -0.4 is 15.0 Å². The molecule has 0 aliphatic heterocycles. The molecule has 0 saturated heterocycles. The Bertz CT molecular complexity index is 1120. The molecule has 3 aromatic rings. The second kappa shape index (κ2) is 8.83. The fraction of sp³-hybridized carbons (Fsp3) is 0.292. The van der Waals surface area contributed by atoms with E-state index in [1.807, 2.05) is 31.2 Å². The minimum absolute atomic E-state index is 0.173. The molecule has 2 aromatic heterocycles. The molecule has 0 bridgehead atoms. The van der Waals surface area contributed by atoms with Gasteiger partial charge >= 0.3 is 0 Å². The van der Waals surface area contributed by atoms with E-state index in [9.17, 15) is 4.79 Å². The van der Waals surface area contributed by atoms with Crippen molar-refractivity contribution in [2.75, 3.05) is 7.11 Å². The fourth-order valence-electron chi connectivity index (χ4n) is 3.11. The third-order valence-corrected chi connectivity index (χ3v) is 4.98. The number of ether oxygens (including phenoxy) is 2. The Labute approximate surface area is 175 Å². The van der Waals surface area contributed by atoms with Crippen molar-refractivity contribution in [3.63, 3.8) is 0 Å². The SMILES string of the molecule is COc1cc(OCc2ncccn2)cc(=O)n1[C@H](C)c1ccc(C#CC2CC2)cc1. The zero-order valence-electron chi connectivity index (χ0n) is 17.0. The second-order valence-electron chi connectivity index (χ2n) is 7.24. The van der Waals surface area contributed by atoms with E-state index in [1.165, 1.54) is 18.9 Å². The van der Waals surface area contributed by atoms with E-state index in [0.29, 0.717) is 23.4 Å². The Morgan fingerprint density at radius 3 is 2.57 bits per heavy atom. The number of rotatable bonds is 6. The maximum atomic E-state index is 12.8. The maximum absolute atomic E-state index is 12.8. The van der Waals surface area contributed by atoms with Crippen molar-refractivity contribution in [2.24, 2.45) is 5.92 Å². The average molecular weight is 401 g/mol. The molecule has 4 rings (SSSR count). The smallest absolute Gasteiger partial charge is 0.257 e. The Kier molecular flexibility index (Phi) is 5.80. The summed E-state index contributed by atoms with van der Waals surface area (Å²) in [7, 11) is 1.54. The highest BCUT2D eigenvalue weighted by Gasteiger charge is 2.18. The predicted molar refractivity (Wildman–Crippen MR) is 113 cm³/mol. The molecule has 0 amide bonds. The topological polar surface area (TPSA) is 66.2 Å². The van der Waals surface area contributed by atoms with Crippen LogP contribution in [0.4, 0.5) is 0 Å². The van der Waals surface area contributed by atoms with Crippen LogP contribution in [-0.4, -0.2) is 21.6 Å². The van der Waals surface area contributed by atoms with Gasteiger partial charge < -0.3 is 9.47 Å². The van der Waals surface area contributed by atoms with E-state index in [2.05, 4.69) is 21.8 Å². The van der Waals surface area contributed by atoms with Crippen LogP contribution in [0.25, 0.3) is 0 Å². The third-order valence-electron chi connectivity index (χ3n) is 4.98. The third kappa shape index (κ3) is 4.69. The predicted octanol–water partition coefficient (Wildman–Crippen LogP) is 3.60. The molecule has 1 fully saturated rings. The molecule has 0 radical (unpaired) electrons. The van der Waals surface area contributed by atoms with Gasteiger partial charge in [-0.05, 0) is 43.5 Å². The molecule has 0 N–H and O–H groups in total. The lowest BCUT2D eigenvalue weighted by Crippen LogP contribution is -2.25. The first kappa shape index (κ1) is 19.7. The molecule has 1 saturated carbocycles. The van der Waals surface area contributed by atoms with E-state index in [0.717, 1.165) is 11.1 Å². The Hall–Kier alpha value is -3.59. The van der Waals surface area contributed by atoms with E-state index >= 15 is 0 Å². The Morgan fingerprint density at radius 1 is 1.17 bits per heavy atom. The lowest BCUT2D eigenvalue weighted by molar-refractivity contribution is 0.288. The summed E-state index contributed by atoms with van der Waals surface area (Å²) in [5, 5.41) is 0. The number of hydrogen-bond acceptors (Lipinski definition) is 5. The first-order chi connectivity index (χ1) is 14.6. The minimum atomic E-state index is -0.205. The van der Waals surface area contributed by atoms with Crippen LogP contribution >= 0.6 is 0 Å². The van der Waals surface area contributed by atoms with E-state index in [1.54, 1.807) is 36.2 Å². The van der Waals surface area contributed by atoms with Crippen molar-refractivity contribution in [3.8, 4) is 23.5 Å². The lowest BCUT2D eigenvalue weighted by atomic mass is 10.1. The minimum Gasteiger partial charge on any atom is -0.485 e. The molecule has 0 unspecified atom stereocenters. The summed E-state index contributed by atoms with van der Waals surface area (Å²) in [6.45, 7) is 2.14. The monoisotopic (exact) mass is 401 g/mol. The molecule has 2 heterocycles. The number of aromatic nitrogens is 3. The van der Waals surface area contributed by atoms with Gasteiger partial charge in [-0.2, -0.15) is 0 Å². The van der Waals surface area contributed by atoms with Gasteiger partial charge in [0.1, 0.15) is 12.4 Å².